The van der Waals surface area contributed by atoms with Gasteiger partial charge in [0.15, 0.2) is 5.65 Å². The van der Waals surface area contributed by atoms with E-state index in [0.29, 0.717) is 40.3 Å². The molecule has 5 rings (SSSR count). The van der Waals surface area contributed by atoms with Gasteiger partial charge in [-0.3, -0.25) is 4.98 Å². The summed E-state index contributed by atoms with van der Waals surface area (Å²) in [6.45, 7) is 5.92. The Morgan fingerprint density at radius 1 is 1.22 bits per heavy atom. The second kappa shape index (κ2) is 9.32. The van der Waals surface area contributed by atoms with E-state index in [-0.39, 0.29) is 18.8 Å². The minimum atomic E-state index is -2.64. The minimum absolute atomic E-state index is 0.222. The van der Waals surface area contributed by atoms with Crippen LogP contribution in [0.1, 0.15) is 51.1 Å². The number of halogens is 2. The third kappa shape index (κ3) is 4.50. The van der Waals surface area contributed by atoms with Crippen molar-refractivity contribution in [3.8, 4) is 17.1 Å². The number of imidazole rings is 1. The number of fused-ring (bicyclic) bond motifs is 1. The fourth-order valence-corrected chi connectivity index (χ4v) is 4.13. The Balaban J connectivity index is 0.00000119. The zero-order valence-corrected chi connectivity index (χ0v) is 18.6. The Hall–Kier alpha value is -2.88. The molecule has 4 heterocycles. The molecule has 32 heavy (non-hydrogen) atoms. The molecule has 3 aromatic heterocycles. The first-order chi connectivity index (χ1) is 15.5. The molecule has 1 saturated carbocycles. The molecular weight excluding hydrogens is 416 g/mol. The van der Waals surface area contributed by atoms with Crippen LogP contribution < -0.4 is 15.4 Å². The van der Waals surface area contributed by atoms with Gasteiger partial charge in [-0.2, -0.15) is 5.10 Å². The number of methoxy groups -OCH3 is 1. The van der Waals surface area contributed by atoms with Crippen molar-refractivity contribution < 1.29 is 13.5 Å². The van der Waals surface area contributed by atoms with Gasteiger partial charge >= 0.3 is 0 Å². The highest BCUT2D eigenvalue weighted by Crippen LogP contribution is 2.49. The van der Waals surface area contributed by atoms with Crippen molar-refractivity contribution in [2.24, 2.45) is 0 Å². The zero-order chi connectivity index (χ0) is 22.7. The molecule has 0 amide bonds. The molecule has 172 valence electrons. The van der Waals surface area contributed by atoms with E-state index < -0.39 is 5.92 Å². The van der Waals surface area contributed by atoms with E-state index in [1.165, 1.54) is 7.11 Å². The molecule has 2 aliphatic rings. The largest absolute Gasteiger partial charge is 0.495 e. The van der Waals surface area contributed by atoms with E-state index in [1.54, 1.807) is 29.2 Å². The van der Waals surface area contributed by atoms with Gasteiger partial charge < -0.3 is 15.4 Å². The first-order valence-electron chi connectivity index (χ1n) is 11.1. The van der Waals surface area contributed by atoms with Crippen molar-refractivity contribution in [1.82, 2.24) is 29.9 Å². The molecule has 0 radical (unpaired) electrons. The lowest BCUT2D eigenvalue weighted by Crippen LogP contribution is -2.38. The number of alkyl halides is 2. The Bertz CT molecular complexity index is 1060. The van der Waals surface area contributed by atoms with Crippen molar-refractivity contribution >= 4 is 11.5 Å². The molecule has 1 saturated heterocycles. The standard InChI is InChI=1S/C20H23F2N7O.C2H6/c1-30-16-5-18-25-10-15(29(18)28-19(16)12-6-20(21,22)7-12)14-9-24-11-17(27-14)26-13-3-2-4-23-8-13;1-2/h5,9-13,23H,2-4,6-8H2,1H3,(H,26,27);1-2H3. The summed E-state index contributed by atoms with van der Waals surface area (Å²) in [6.07, 6.45) is 6.76. The maximum absolute atomic E-state index is 13.4. The minimum Gasteiger partial charge on any atom is -0.495 e. The second-order valence-electron chi connectivity index (χ2n) is 7.95. The van der Waals surface area contributed by atoms with Gasteiger partial charge in [-0.15, -0.1) is 0 Å². The zero-order valence-electron chi connectivity index (χ0n) is 18.6. The fourth-order valence-electron chi connectivity index (χ4n) is 4.13. The van der Waals surface area contributed by atoms with Crippen molar-refractivity contribution in [2.45, 2.75) is 57.4 Å². The summed E-state index contributed by atoms with van der Waals surface area (Å²) < 4.78 is 33.9. The van der Waals surface area contributed by atoms with Crippen molar-refractivity contribution in [3.05, 3.63) is 30.4 Å². The molecule has 2 fully saturated rings. The number of ether oxygens (including phenoxy) is 1. The van der Waals surface area contributed by atoms with E-state index in [1.807, 2.05) is 13.8 Å². The summed E-state index contributed by atoms with van der Waals surface area (Å²) in [5.41, 5.74) is 2.34. The van der Waals surface area contributed by atoms with Crippen LogP contribution in [0.15, 0.2) is 24.7 Å². The van der Waals surface area contributed by atoms with Crippen LogP contribution in [0.3, 0.4) is 0 Å². The van der Waals surface area contributed by atoms with Crippen LogP contribution in [-0.2, 0) is 0 Å². The van der Waals surface area contributed by atoms with Crippen LogP contribution in [0, 0.1) is 0 Å². The van der Waals surface area contributed by atoms with Crippen LogP contribution in [0.5, 0.6) is 5.75 Å². The summed E-state index contributed by atoms with van der Waals surface area (Å²) in [5.74, 6) is -1.81. The Labute approximate surface area is 185 Å². The highest BCUT2D eigenvalue weighted by atomic mass is 19.3. The third-order valence-electron chi connectivity index (χ3n) is 5.73. The maximum Gasteiger partial charge on any atom is 0.249 e. The molecule has 1 aliphatic heterocycles. The molecule has 0 spiro atoms. The Morgan fingerprint density at radius 2 is 2.03 bits per heavy atom. The van der Waals surface area contributed by atoms with Gasteiger partial charge in [-0.05, 0) is 19.4 Å². The predicted molar refractivity (Wildman–Crippen MR) is 118 cm³/mol. The van der Waals surface area contributed by atoms with Gasteiger partial charge in [0, 0.05) is 37.4 Å². The average molecular weight is 446 g/mol. The van der Waals surface area contributed by atoms with Crippen LogP contribution in [-0.4, -0.2) is 56.7 Å². The molecule has 2 N–H and O–H groups in total. The van der Waals surface area contributed by atoms with Crippen LogP contribution in [0.25, 0.3) is 17.0 Å². The van der Waals surface area contributed by atoms with Gasteiger partial charge in [0.05, 0.1) is 25.7 Å². The van der Waals surface area contributed by atoms with Gasteiger partial charge in [0.1, 0.15) is 28.6 Å². The van der Waals surface area contributed by atoms with Crippen molar-refractivity contribution in [1.29, 1.82) is 0 Å². The molecule has 1 unspecified atom stereocenters. The lowest BCUT2D eigenvalue weighted by Gasteiger charge is -2.34. The smallest absolute Gasteiger partial charge is 0.249 e. The average Bonchev–Trinajstić information content (AvgIpc) is 3.21. The van der Waals surface area contributed by atoms with Gasteiger partial charge in [0.25, 0.3) is 0 Å². The number of nitrogens with zero attached hydrogens (tertiary/aromatic N) is 5. The van der Waals surface area contributed by atoms with E-state index in [9.17, 15) is 8.78 Å². The first-order valence-corrected chi connectivity index (χ1v) is 11.1. The summed E-state index contributed by atoms with van der Waals surface area (Å²) >= 11 is 0. The lowest BCUT2D eigenvalue weighted by atomic mass is 9.79. The Morgan fingerprint density at radius 3 is 2.72 bits per heavy atom. The molecule has 0 aromatic carbocycles. The quantitative estimate of drug-likeness (QED) is 0.616. The molecule has 3 aromatic rings. The van der Waals surface area contributed by atoms with Gasteiger partial charge in [-0.1, -0.05) is 13.8 Å². The number of rotatable bonds is 5. The number of nitrogens with one attached hydrogen (secondary N) is 2. The van der Waals surface area contributed by atoms with Crippen LogP contribution in [0.2, 0.25) is 0 Å². The van der Waals surface area contributed by atoms with Crippen LogP contribution >= 0.6 is 0 Å². The predicted octanol–water partition coefficient (Wildman–Crippen LogP) is 3.90. The number of piperidine rings is 1. The van der Waals surface area contributed by atoms with E-state index in [4.69, 9.17) is 4.74 Å². The summed E-state index contributed by atoms with van der Waals surface area (Å²) in [4.78, 5) is 13.4. The number of hydrogen-bond acceptors (Lipinski definition) is 7. The number of aromatic nitrogens is 5. The normalized spacial score (nSPS) is 20.2. The molecule has 8 nitrogen and oxygen atoms in total. The van der Waals surface area contributed by atoms with Crippen molar-refractivity contribution in [2.75, 3.05) is 25.5 Å². The SMILES string of the molecule is CC.COc1cc2ncc(-c3cncc(NC4CCCNC4)n3)n2nc1C1CC(F)(F)C1. The lowest BCUT2D eigenvalue weighted by molar-refractivity contribution is -0.0881. The number of anilines is 1. The molecule has 1 atom stereocenters. The summed E-state index contributed by atoms with van der Waals surface area (Å²) in [7, 11) is 1.51. The van der Waals surface area contributed by atoms with E-state index in [0.717, 1.165) is 25.9 Å². The Kier molecular flexibility index (Phi) is 6.50. The van der Waals surface area contributed by atoms with Crippen LogP contribution in [0.4, 0.5) is 14.6 Å². The van der Waals surface area contributed by atoms with Crippen molar-refractivity contribution in [3.63, 3.8) is 0 Å². The van der Waals surface area contributed by atoms with Gasteiger partial charge in [-0.25, -0.2) is 23.3 Å². The van der Waals surface area contributed by atoms with E-state index >= 15 is 0 Å². The third-order valence-corrected chi connectivity index (χ3v) is 5.73. The van der Waals surface area contributed by atoms with E-state index in [2.05, 4.69) is 30.7 Å². The maximum atomic E-state index is 13.4. The number of hydrogen-bond donors (Lipinski definition) is 2. The second-order valence-corrected chi connectivity index (χ2v) is 7.95. The van der Waals surface area contributed by atoms with Gasteiger partial charge in [0.2, 0.25) is 5.92 Å². The molecule has 1 aliphatic carbocycles. The molecular formula is C22H29F2N7O. The summed E-state index contributed by atoms with van der Waals surface area (Å²) in [5, 5.41) is 11.4. The first kappa shape index (κ1) is 22.3. The topological polar surface area (TPSA) is 89.3 Å². The summed E-state index contributed by atoms with van der Waals surface area (Å²) in [6, 6.07) is 2.03. The fraction of sp³-hybridized carbons (Fsp3) is 0.545. The molecule has 10 heteroatoms. The molecule has 0 bridgehead atoms. The highest BCUT2D eigenvalue weighted by molar-refractivity contribution is 5.61. The highest BCUT2D eigenvalue weighted by Gasteiger charge is 2.47. The monoisotopic (exact) mass is 445 g/mol.